The van der Waals surface area contributed by atoms with E-state index in [0.717, 1.165) is 0 Å². The minimum absolute atomic E-state index is 0.272. The summed E-state index contributed by atoms with van der Waals surface area (Å²) >= 11 is 0. The van der Waals surface area contributed by atoms with Gasteiger partial charge in [0.1, 0.15) is 5.75 Å². The van der Waals surface area contributed by atoms with E-state index < -0.39 is 11.9 Å². The number of amides is 2. The van der Waals surface area contributed by atoms with E-state index in [0.29, 0.717) is 24.4 Å². The Morgan fingerprint density at radius 3 is 2.50 bits per heavy atom. The van der Waals surface area contributed by atoms with E-state index in [4.69, 9.17) is 9.84 Å². The quantitative estimate of drug-likeness (QED) is 0.886. The first kappa shape index (κ1) is 14.2. The highest BCUT2D eigenvalue weighted by Crippen LogP contribution is 2.25. The fourth-order valence-electron chi connectivity index (χ4n) is 2.43. The molecule has 20 heavy (non-hydrogen) atoms. The maximum atomic E-state index is 12.1. The number of likely N-dealkylation sites (tertiary alicyclic amines) is 1. The highest BCUT2D eigenvalue weighted by Gasteiger charge is 2.38. The summed E-state index contributed by atoms with van der Waals surface area (Å²) in [6, 6.07) is 6.42. The van der Waals surface area contributed by atoms with E-state index in [1.54, 1.807) is 43.2 Å². The Labute approximate surface area is 117 Å². The summed E-state index contributed by atoms with van der Waals surface area (Å²) in [5.74, 6) is -0.627. The van der Waals surface area contributed by atoms with Crippen LogP contribution in [0.25, 0.3) is 0 Å². The number of rotatable bonds is 3. The van der Waals surface area contributed by atoms with Crippen molar-refractivity contribution in [3.8, 4) is 5.75 Å². The number of carbonyl (C=O) groups is 2. The van der Waals surface area contributed by atoms with Gasteiger partial charge < -0.3 is 20.1 Å². The van der Waals surface area contributed by atoms with E-state index in [1.807, 2.05) is 0 Å². The molecule has 0 saturated carbocycles. The number of nitrogens with zero attached hydrogens (tertiary/aromatic N) is 1. The van der Waals surface area contributed by atoms with Gasteiger partial charge in [0.25, 0.3) is 0 Å². The molecule has 1 aromatic rings. The van der Waals surface area contributed by atoms with Crippen molar-refractivity contribution in [1.29, 1.82) is 0 Å². The van der Waals surface area contributed by atoms with Gasteiger partial charge in [-0.25, -0.2) is 4.79 Å². The van der Waals surface area contributed by atoms with E-state index >= 15 is 0 Å². The molecule has 2 amide bonds. The van der Waals surface area contributed by atoms with Crippen LogP contribution in [0.2, 0.25) is 0 Å². The smallest absolute Gasteiger partial charge is 0.322 e. The minimum Gasteiger partial charge on any atom is -0.497 e. The van der Waals surface area contributed by atoms with E-state index in [-0.39, 0.29) is 12.1 Å². The zero-order valence-electron chi connectivity index (χ0n) is 11.5. The van der Waals surface area contributed by atoms with Gasteiger partial charge in [0, 0.05) is 18.3 Å². The summed E-state index contributed by atoms with van der Waals surface area (Å²) in [5, 5.41) is 11.8. The third-order valence-corrected chi connectivity index (χ3v) is 3.67. The molecule has 0 spiro atoms. The summed E-state index contributed by atoms with van der Waals surface area (Å²) in [6.45, 7) is 2.22. The number of methoxy groups -OCH3 is 1. The third kappa shape index (κ3) is 2.84. The molecule has 2 N–H and O–H groups in total. The van der Waals surface area contributed by atoms with Gasteiger partial charge in [0.05, 0.1) is 13.0 Å². The number of urea groups is 1. The number of benzene rings is 1. The van der Waals surface area contributed by atoms with Gasteiger partial charge in [-0.1, -0.05) is 0 Å². The Kier molecular flexibility index (Phi) is 4.12. The summed E-state index contributed by atoms with van der Waals surface area (Å²) < 4.78 is 5.04. The number of carbonyl (C=O) groups excluding carboxylic acids is 1. The van der Waals surface area contributed by atoms with Crippen LogP contribution in [0.5, 0.6) is 5.75 Å². The Balaban J connectivity index is 1.99. The molecule has 0 radical (unpaired) electrons. The average Bonchev–Trinajstić information content (AvgIpc) is 2.81. The van der Waals surface area contributed by atoms with Crippen molar-refractivity contribution in [2.24, 2.45) is 5.92 Å². The second-order valence-electron chi connectivity index (χ2n) is 4.83. The standard InChI is InChI=1S/C14H18N2O4/c1-9-12(13(17)18)7-8-16(9)14(19)15-10-3-5-11(20-2)6-4-10/h3-6,9,12H,7-8H2,1-2H3,(H,15,19)(H,17,18). The molecule has 6 nitrogen and oxygen atoms in total. The summed E-state index contributed by atoms with van der Waals surface area (Å²) in [4.78, 5) is 24.7. The molecule has 1 saturated heterocycles. The first-order valence-corrected chi connectivity index (χ1v) is 6.47. The zero-order valence-corrected chi connectivity index (χ0v) is 11.5. The Bertz CT molecular complexity index is 500. The highest BCUT2D eigenvalue weighted by atomic mass is 16.5. The summed E-state index contributed by atoms with van der Waals surface area (Å²) in [5.41, 5.74) is 0.654. The number of carboxylic acid groups (broad SMARTS) is 1. The molecule has 2 atom stereocenters. The highest BCUT2D eigenvalue weighted by molar-refractivity contribution is 5.90. The van der Waals surface area contributed by atoms with Crippen LogP contribution in [0.1, 0.15) is 13.3 Å². The molecule has 0 bridgehead atoms. The average molecular weight is 278 g/mol. The monoisotopic (exact) mass is 278 g/mol. The molecule has 1 aliphatic rings. The maximum Gasteiger partial charge on any atom is 0.322 e. The predicted molar refractivity (Wildman–Crippen MR) is 73.9 cm³/mol. The normalized spacial score (nSPS) is 21.6. The lowest BCUT2D eigenvalue weighted by Gasteiger charge is -2.23. The van der Waals surface area contributed by atoms with E-state index in [2.05, 4.69) is 5.32 Å². The van der Waals surface area contributed by atoms with Crippen LogP contribution in [0.3, 0.4) is 0 Å². The molecule has 2 rings (SSSR count). The van der Waals surface area contributed by atoms with Gasteiger partial charge in [-0.05, 0) is 37.6 Å². The summed E-state index contributed by atoms with van der Waals surface area (Å²) in [7, 11) is 1.57. The molecule has 108 valence electrons. The molecule has 1 aliphatic heterocycles. The van der Waals surface area contributed by atoms with Gasteiger partial charge in [-0.15, -0.1) is 0 Å². The largest absolute Gasteiger partial charge is 0.497 e. The van der Waals surface area contributed by atoms with Crippen molar-refractivity contribution in [1.82, 2.24) is 4.90 Å². The number of ether oxygens (including phenoxy) is 1. The van der Waals surface area contributed by atoms with E-state index in [9.17, 15) is 9.59 Å². The number of aliphatic carboxylic acids is 1. The Morgan fingerprint density at radius 1 is 1.35 bits per heavy atom. The van der Waals surface area contributed by atoms with Crippen LogP contribution >= 0.6 is 0 Å². The van der Waals surface area contributed by atoms with Gasteiger partial charge >= 0.3 is 12.0 Å². The van der Waals surface area contributed by atoms with Crippen molar-refractivity contribution in [2.75, 3.05) is 19.0 Å². The number of hydrogen-bond donors (Lipinski definition) is 2. The molecule has 1 heterocycles. The number of nitrogens with one attached hydrogen (secondary N) is 1. The van der Waals surface area contributed by atoms with Gasteiger partial charge in [-0.2, -0.15) is 0 Å². The molecule has 6 heteroatoms. The first-order valence-electron chi connectivity index (χ1n) is 6.47. The maximum absolute atomic E-state index is 12.1. The van der Waals surface area contributed by atoms with Crippen molar-refractivity contribution in [2.45, 2.75) is 19.4 Å². The Hall–Kier alpha value is -2.24. The van der Waals surface area contributed by atoms with Gasteiger partial charge in [-0.3, -0.25) is 4.79 Å². The van der Waals surface area contributed by atoms with Gasteiger partial charge in [0.2, 0.25) is 0 Å². The number of carboxylic acids is 1. The molecular formula is C14H18N2O4. The lowest BCUT2D eigenvalue weighted by molar-refractivity contribution is -0.142. The van der Waals surface area contributed by atoms with Crippen molar-refractivity contribution < 1.29 is 19.4 Å². The first-order chi connectivity index (χ1) is 9.52. The van der Waals surface area contributed by atoms with Crippen LogP contribution in [-0.4, -0.2) is 41.7 Å². The van der Waals surface area contributed by atoms with Crippen molar-refractivity contribution in [3.05, 3.63) is 24.3 Å². The van der Waals surface area contributed by atoms with Gasteiger partial charge in [0.15, 0.2) is 0 Å². The number of anilines is 1. The van der Waals surface area contributed by atoms with Crippen LogP contribution in [0.15, 0.2) is 24.3 Å². The predicted octanol–water partition coefficient (Wildman–Crippen LogP) is 2.02. The van der Waals surface area contributed by atoms with Crippen LogP contribution in [-0.2, 0) is 4.79 Å². The molecule has 0 aromatic heterocycles. The Morgan fingerprint density at radius 2 is 2.00 bits per heavy atom. The van der Waals surface area contributed by atoms with Crippen LogP contribution in [0, 0.1) is 5.92 Å². The molecule has 1 aromatic carbocycles. The summed E-state index contributed by atoms with van der Waals surface area (Å²) in [6.07, 6.45) is 0.493. The lowest BCUT2D eigenvalue weighted by atomic mass is 10.0. The molecule has 0 aliphatic carbocycles. The topological polar surface area (TPSA) is 78.9 Å². The minimum atomic E-state index is -0.850. The fourth-order valence-corrected chi connectivity index (χ4v) is 2.43. The SMILES string of the molecule is COc1ccc(NC(=O)N2CCC(C(=O)O)C2C)cc1. The lowest BCUT2D eigenvalue weighted by Crippen LogP contribution is -2.40. The second kappa shape index (κ2) is 5.81. The van der Waals surface area contributed by atoms with Crippen molar-refractivity contribution in [3.63, 3.8) is 0 Å². The fraction of sp³-hybridized carbons (Fsp3) is 0.429. The van der Waals surface area contributed by atoms with Crippen LogP contribution < -0.4 is 10.1 Å². The molecule has 1 fully saturated rings. The molecule has 2 unspecified atom stereocenters. The van der Waals surface area contributed by atoms with Crippen LogP contribution in [0.4, 0.5) is 10.5 Å². The second-order valence-corrected chi connectivity index (χ2v) is 4.83. The number of hydrogen-bond acceptors (Lipinski definition) is 3. The third-order valence-electron chi connectivity index (χ3n) is 3.67. The van der Waals surface area contributed by atoms with E-state index in [1.165, 1.54) is 0 Å². The zero-order chi connectivity index (χ0) is 14.7. The molecular weight excluding hydrogens is 260 g/mol. The van der Waals surface area contributed by atoms with Crippen molar-refractivity contribution >= 4 is 17.7 Å².